The lowest BCUT2D eigenvalue weighted by molar-refractivity contribution is -0.119. The molecule has 1 aliphatic heterocycles. The van der Waals surface area contributed by atoms with Crippen molar-refractivity contribution in [2.75, 3.05) is 31.6 Å². The third kappa shape index (κ3) is 3.70. The maximum absolute atomic E-state index is 12.2. The van der Waals surface area contributed by atoms with Crippen molar-refractivity contribution in [1.82, 2.24) is 14.9 Å². The number of thiazole rings is 2. The Kier molecular flexibility index (Phi) is 4.82. The summed E-state index contributed by atoms with van der Waals surface area (Å²) in [5, 5.41) is 6.46. The second-order valence-electron chi connectivity index (χ2n) is 5.17. The predicted octanol–water partition coefficient (Wildman–Crippen LogP) is 2.23. The minimum Gasteiger partial charge on any atom is -0.368 e. The van der Waals surface area contributed by atoms with Crippen molar-refractivity contribution < 1.29 is 9.53 Å². The predicted molar refractivity (Wildman–Crippen MR) is 87.5 cm³/mol. The summed E-state index contributed by atoms with van der Waals surface area (Å²) in [5.41, 5.74) is 0.968. The first kappa shape index (κ1) is 15.5. The molecule has 22 heavy (non-hydrogen) atoms. The Morgan fingerprint density at radius 1 is 1.55 bits per heavy atom. The molecule has 6 nitrogen and oxygen atoms in total. The van der Waals surface area contributed by atoms with Gasteiger partial charge in [0.15, 0.2) is 5.13 Å². The third-order valence-electron chi connectivity index (χ3n) is 3.52. The van der Waals surface area contributed by atoms with Crippen LogP contribution in [0, 0.1) is 13.8 Å². The Hall–Kier alpha value is -1.35. The van der Waals surface area contributed by atoms with E-state index in [9.17, 15) is 4.79 Å². The summed E-state index contributed by atoms with van der Waals surface area (Å²) >= 11 is 3.09. The smallest absolute Gasteiger partial charge is 0.240 e. The standard InChI is InChI=1S/C14H18N4O2S2/c1-9-10(2)22-14(16-9)17-12(19)8-18-4-5-20-11(7-18)13-15-3-6-21-13/h3,6,11H,4-5,7-8H2,1-2H3,(H,16,17,19). The van der Waals surface area contributed by atoms with Crippen LogP contribution in [-0.2, 0) is 9.53 Å². The molecule has 0 saturated carbocycles. The molecular weight excluding hydrogens is 320 g/mol. The number of hydrogen-bond donors (Lipinski definition) is 1. The number of carbonyl (C=O) groups excluding carboxylic acids is 1. The number of amides is 1. The van der Waals surface area contributed by atoms with Gasteiger partial charge in [-0.2, -0.15) is 0 Å². The number of hydrogen-bond acceptors (Lipinski definition) is 7. The molecule has 2 aromatic heterocycles. The number of rotatable bonds is 4. The molecule has 1 N–H and O–H groups in total. The molecule has 1 unspecified atom stereocenters. The Balaban J connectivity index is 1.54. The lowest BCUT2D eigenvalue weighted by Crippen LogP contribution is -2.42. The lowest BCUT2D eigenvalue weighted by atomic mass is 10.3. The van der Waals surface area contributed by atoms with Crippen molar-refractivity contribution in [3.8, 4) is 0 Å². The molecule has 3 rings (SSSR count). The number of ether oxygens (including phenoxy) is 1. The molecular formula is C14H18N4O2S2. The molecule has 1 saturated heterocycles. The number of nitrogens with one attached hydrogen (secondary N) is 1. The van der Waals surface area contributed by atoms with Crippen molar-refractivity contribution in [2.24, 2.45) is 0 Å². The van der Waals surface area contributed by atoms with Gasteiger partial charge >= 0.3 is 0 Å². The van der Waals surface area contributed by atoms with Gasteiger partial charge in [-0.05, 0) is 13.8 Å². The van der Waals surface area contributed by atoms with E-state index in [1.165, 1.54) is 11.3 Å². The van der Waals surface area contributed by atoms with E-state index < -0.39 is 0 Å². The largest absolute Gasteiger partial charge is 0.368 e. The SMILES string of the molecule is Cc1nc(NC(=O)CN2CCOC(c3nccs3)C2)sc1C. The zero-order valence-corrected chi connectivity index (χ0v) is 14.2. The highest BCUT2D eigenvalue weighted by molar-refractivity contribution is 7.15. The van der Waals surface area contributed by atoms with Gasteiger partial charge in [0.25, 0.3) is 0 Å². The lowest BCUT2D eigenvalue weighted by Gasteiger charge is -2.31. The van der Waals surface area contributed by atoms with Gasteiger partial charge in [-0.1, -0.05) is 0 Å². The minimum atomic E-state index is -0.0362. The summed E-state index contributed by atoms with van der Waals surface area (Å²) in [7, 11) is 0. The van der Waals surface area contributed by atoms with Crippen LogP contribution in [0.5, 0.6) is 0 Å². The summed E-state index contributed by atoms with van der Waals surface area (Å²) in [5.74, 6) is -0.0338. The number of morpholine rings is 1. The molecule has 0 spiro atoms. The van der Waals surface area contributed by atoms with Crippen molar-refractivity contribution in [1.29, 1.82) is 0 Å². The first-order chi connectivity index (χ1) is 10.6. The summed E-state index contributed by atoms with van der Waals surface area (Å²) in [6.45, 7) is 6.36. The van der Waals surface area contributed by atoms with Crippen LogP contribution in [0.2, 0.25) is 0 Å². The van der Waals surface area contributed by atoms with Gasteiger partial charge in [-0.15, -0.1) is 22.7 Å². The third-order valence-corrected chi connectivity index (χ3v) is 5.38. The van der Waals surface area contributed by atoms with E-state index in [0.717, 1.165) is 22.1 Å². The Morgan fingerprint density at radius 2 is 2.41 bits per heavy atom. The van der Waals surface area contributed by atoms with Gasteiger partial charge in [-0.3, -0.25) is 9.69 Å². The number of nitrogens with zero attached hydrogens (tertiary/aromatic N) is 3. The Morgan fingerprint density at radius 3 is 3.09 bits per heavy atom. The van der Waals surface area contributed by atoms with Crippen LogP contribution in [0.15, 0.2) is 11.6 Å². The van der Waals surface area contributed by atoms with Crippen LogP contribution in [0.3, 0.4) is 0 Å². The highest BCUT2D eigenvalue weighted by Crippen LogP contribution is 2.24. The highest BCUT2D eigenvalue weighted by atomic mass is 32.1. The zero-order chi connectivity index (χ0) is 15.5. The number of anilines is 1. The van der Waals surface area contributed by atoms with E-state index in [4.69, 9.17) is 4.74 Å². The number of carbonyl (C=O) groups is 1. The quantitative estimate of drug-likeness (QED) is 0.926. The average molecular weight is 338 g/mol. The van der Waals surface area contributed by atoms with E-state index >= 15 is 0 Å². The average Bonchev–Trinajstić information content (AvgIpc) is 3.10. The number of aromatic nitrogens is 2. The molecule has 8 heteroatoms. The van der Waals surface area contributed by atoms with E-state index in [1.807, 2.05) is 19.2 Å². The van der Waals surface area contributed by atoms with Crippen molar-refractivity contribution in [3.63, 3.8) is 0 Å². The minimum absolute atomic E-state index is 0.0338. The topological polar surface area (TPSA) is 67.4 Å². The second-order valence-corrected chi connectivity index (χ2v) is 7.30. The van der Waals surface area contributed by atoms with Gasteiger partial charge in [0.05, 0.1) is 18.8 Å². The summed E-state index contributed by atoms with van der Waals surface area (Å²) in [6.07, 6.45) is 1.74. The summed E-state index contributed by atoms with van der Waals surface area (Å²) < 4.78 is 5.74. The molecule has 0 radical (unpaired) electrons. The van der Waals surface area contributed by atoms with Gasteiger partial charge in [-0.25, -0.2) is 9.97 Å². The van der Waals surface area contributed by atoms with Gasteiger partial charge in [0.2, 0.25) is 5.91 Å². The fourth-order valence-electron chi connectivity index (χ4n) is 2.28. The Bertz CT molecular complexity index is 622. The maximum atomic E-state index is 12.2. The molecule has 0 aromatic carbocycles. The van der Waals surface area contributed by atoms with Crippen LogP contribution in [0.4, 0.5) is 5.13 Å². The molecule has 0 bridgehead atoms. The van der Waals surface area contributed by atoms with Crippen LogP contribution in [-0.4, -0.2) is 47.0 Å². The number of aryl methyl sites for hydroxylation is 2. The highest BCUT2D eigenvalue weighted by Gasteiger charge is 2.25. The zero-order valence-electron chi connectivity index (χ0n) is 12.5. The molecule has 1 amide bonds. The fraction of sp³-hybridized carbons (Fsp3) is 0.500. The van der Waals surface area contributed by atoms with Gasteiger partial charge in [0.1, 0.15) is 11.1 Å². The van der Waals surface area contributed by atoms with Crippen LogP contribution < -0.4 is 5.32 Å². The first-order valence-corrected chi connectivity index (χ1v) is 8.78. The van der Waals surface area contributed by atoms with E-state index in [1.54, 1.807) is 17.5 Å². The van der Waals surface area contributed by atoms with E-state index in [-0.39, 0.29) is 12.0 Å². The summed E-state index contributed by atoms with van der Waals surface area (Å²) in [4.78, 5) is 24.0. The van der Waals surface area contributed by atoms with Crippen LogP contribution >= 0.6 is 22.7 Å². The van der Waals surface area contributed by atoms with Crippen molar-refractivity contribution in [2.45, 2.75) is 20.0 Å². The van der Waals surface area contributed by atoms with E-state index in [2.05, 4.69) is 20.2 Å². The fourth-order valence-corrected chi connectivity index (χ4v) is 3.79. The van der Waals surface area contributed by atoms with Crippen LogP contribution in [0.1, 0.15) is 21.7 Å². The van der Waals surface area contributed by atoms with Crippen molar-refractivity contribution >= 4 is 33.7 Å². The maximum Gasteiger partial charge on any atom is 0.240 e. The van der Waals surface area contributed by atoms with Crippen LogP contribution in [0.25, 0.3) is 0 Å². The Labute approximate surface area is 137 Å². The van der Waals surface area contributed by atoms with Gasteiger partial charge in [0, 0.05) is 29.5 Å². The molecule has 2 aromatic rings. The van der Waals surface area contributed by atoms with Crippen molar-refractivity contribution in [3.05, 3.63) is 27.2 Å². The monoisotopic (exact) mass is 338 g/mol. The summed E-state index contributed by atoms with van der Waals surface area (Å²) in [6, 6.07) is 0. The normalized spacial score (nSPS) is 19.3. The van der Waals surface area contributed by atoms with Gasteiger partial charge < -0.3 is 10.1 Å². The molecule has 118 valence electrons. The molecule has 1 aliphatic rings. The molecule has 3 heterocycles. The molecule has 0 aliphatic carbocycles. The molecule has 1 fully saturated rings. The first-order valence-electron chi connectivity index (χ1n) is 7.09. The second kappa shape index (κ2) is 6.82. The molecule has 1 atom stereocenters. The van der Waals surface area contributed by atoms with E-state index in [0.29, 0.717) is 24.8 Å².